The summed E-state index contributed by atoms with van der Waals surface area (Å²) in [6, 6.07) is 13.8. The van der Waals surface area contributed by atoms with Crippen molar-refractivity contribution >= 4 is 5.96 Å². The van der Waals surface area contributed by atoms with Crippen LogP contribution in [0.3, 0.4) is 0 Å². The molecule has 31 heavy (non-hydrogen) atoms. The van der Waals surface area contributed by atoms with Gasteiger partial charge in [-0.15, -0.1) is 0 Å². The van der Waals surface area contributed by atoms with Crippen molar-refractivity contribution in [1.82, 2.24) is 15.5 Å². The quantitative estimate of drug-likeness (QED) is 0.514. The van der Waals surface area contributed by atoms with Gasteiger partial charge in [0, 0.05) is 46.4 Å². The number of likely N-dealkylation sites (tertiary alicyclic amines) is 1. The van der Waals surface area contributed by atoms with Crippen LogP contribution in [0.4, 0.5) is 13.2 Å². The summed E-state index contributed by atoms with van der Waals surface area (Å²) in [7, 11) is 3.42. The molecule has 1 atom stereocenters. The van der Waals surface area contributed by atoms with Gasteiger partial charge in [0.1, 0.15) is 0 Å². The largest absolute Gasteiger partial charge is 0.416 e. The Balaban J connectivity index is 1.46. The molecule has 1 aliphatic heterocycles. The molecule has 0 spiro atoms. The van der Waals surface area contributed by atoms with E-state index in [1.54, 1.807) is 26.3 Å². The van der Waals surface area contributed by atoms with Gasteiger partial charge in [-0.2, -0.15) is 13.2 Å². The molecule has 0 saturated carbocycles. The fourth-order valence-corrected chi connectivity index (χ4v) is 3.72. The van der Waals surface area contributed by atoms with Crippen LogP contribution in [0.25, 0.3) is 0 Å². The van der Waals surface area contributed by atoms with Crippen LogP contribution < -0.4 is 10.6 Å². The average molecular weight is 435 g/mol. The maximum atomic E-state index is 12.7. The summed E-state index contributed by atoms with van der Waals surface area (Å²) in [5, 5.41) is 6.78. The molecule has 1 aliphatic rings. The molecule has 0 amide bonds. The van der Waals surface area contributed by atoms with Crippen LogP contribution in [0.1, 0.15) is 28.7 Å². The van der Waals surface area contributed by atoms with Gasteiger partial charge >= 0.3 is 6.18 Å². The molecule has 0 bridgehead atoms. The molecule has 8 heteroatoms. The van der Waals surface area contributed by atoms with Crippen molar-refractivity contribution in [2.75, 3.05) is 27.2 Å². The standard InChI is InChI=1S/C23H29F3N4O/c1-27-22(28-13-18-4-3-5-19(12-18)16-31-2)29-21-10-11-30(15-21)14-17-6-8-20(9-7-17)23(24,25)26/h3-9,12,21H,10-11,13-16H2,1-2H3,(H2,27,28,29). The highest BCUT2D eigenvalue weighted by atomic mass is 19.4. The number of hydrogen-bond acceptors (Lipinski definition) is 3. The topological polar surface area (TPSA) is 48.9 Å². The van der Waals surface area contributed by atoms with Crippen LogP contribution in [0, 0.1) is 0 Å². The first-order valence-corrected chi connectivity index (χ1v) is 10.3. The Hall–Kier alpha value is -2.58. The van der Waals surface area contributed by atoms with Gasteiger partial charge in [0.15, 0.2) is 5.96 Å². The van der Waals surface area contributed by atoms with E-state index in [0.717, 1.165) is 54.3 Å². The van der Waals surface area contributed by atoms with E-state index in [4.69, 9.17) is 4.74 Å². The number of methoxy groups -OCH3 is 1. The van der Waals surface area contributed by atoms with E-state index in [9.17, 15) is 13.2 Å². The minimum atomic E-state index is -4.30. The lowest BCUT2D eigenvalue weighted by molar-refractivity contribution is -0.137. The number of nitrogens with one attached hydrogen (secondary N) is 2. The highest BCUT2D eigenvalue weighted by Gasteiger charge is 2.30. The Morgan fingerprint density at radius 3 is 2.55 bits per heavy atom. The zero-order valence-electron chi connectivity index (χ0n) is 17.9. The number of nitrogens with zero attached hydrogens (tertiary/aromatic N) is 2. The van der Waals surface area contributed by atoms with Gasteiger partial charge < -0.3 is 15.4 Å². The lowest BCUT2D eigenvalue weighted by Gasteiger charge is -2.19. The summed E-state index contributed by atoms with van der Waals surface area (Å²) in [4.78, 5) is 6.55. The van der Waals surface area contributed by atoms with Gasteiger partial charge in [-0.05, 0) is 35.2 Å². The van der Waals surface area contributed by atoms with Crippen molar-refractivity contribution in [3.05, 3.63) is 70.8 Å². The molecule has 3 rings (SSSR count). The van der Waals surface area contributed by atoms with Gasteiger partial charge in [0.2, 0.25) is 0 Å². The van der Waals surface area contributed by atoms with Gasteiger partial charge in [0.25, 0.3) is 0 Å². The lowest BCUT2D eigenvalue weighted by atomic mass is 10.1. The highest BCUT2D eigenvalue weighted by Crippen LogP contribution is 2.29. The summed E-state index contributed by atoms with van der Waals surface area (Å²) in [6.07, 6.45) is -3.35. The van der Waals surface area contributed by atoms with Crippen LogP contribution in [-0.2, 0) is 30.6 Å². The minimum absolute atomic E-state index is 0.237. The summed E-state index contributed by atoms with van der Waals surface area (Å²) in [6.45, 7) is 3.56. The molecule has 1 fully saturated rings. The van der Waals surface area contributed by atoms with Crippen LogP contribution in [0.2, 0.25) is 0 Å². The number of rotatable bonds is 7. The molecular formula is C23H29F3N4O. The summed E-state index contributed by atoms with van der Waals surface area (Å²) in [5.74, 6) is 0.735. The highest BCUT2D eigenvalue weighted by molar-refractivity contribution is 5.80. The van der Waals surface area contributed by atoms with Gasteiger partial charge in [-0.1, -0.05) is 36.4 Å². The predicted octanol–water partition coefficient (Wildman–Crippen LogP) is 3.79. The predicted molar refractivity (Wildman–Crippen MR) is 116 cm³/mol. The van der Waals surface area contributed by atoms with Gasteiger partial charge in [-0.3, -0.25) is 9.89 Å². The Morgan fingerprint density at radius 1 is 1.13 bits per heavy atom. The minimum Gasteiger partial charge on any atom is -0.380 e. The van der Waals surface area contributed by atoms with E-state index in [1.165, 1.54) is 0 Å². The second kappa shape index (κ2) is 10.6. The number of guanidine groups is 1. The number of ether oxygens (including phenoxy) is 1. The number of hydrogen-bond donors (Lipinski definition) is 2. The van der Waals surface area contributed by atoms with Crippen molar-refractivity contribution in [3.8, 4) is 0 Å². The van der Waals surface area contributed by atoms with Gasteiger partial charge in [-0.25, -0.2) is 0 Å². The van der Waals surface area contributed by atoms with Crippen molar-refractivity contribution in [2.45, 2.75) is 38.3 Å². The van der Waals surface area contributed by atoms with E-state index in [-0.39, 0.29) is 6.04 Å². The number of aliphatic imine (C=N–C) groups is 1. The van der Waals surface area contributed by atoms with Crippen molar-refractivity contribution in [3.63, 3.8) is 0 Å². The third-order valence-electron chi connectivity index (χ3n) is 5.29. The van der Waals surface area contributed by atoms with Crippen molar-refractivity contribution in [1.29, 1.82) is 0 Å². The normalized spacial score (nSPS) is 17.7. The summed E-state index contributed by atoms with van der Waals surface area (Å²) >= 11 is 0. The third kappa shape index (κ3) is 6.97. The molecule has 0 radical (unpaired) electrons. The smallest absolute Gasteiger partial charge is 0.380 e. The fourth-order valence-electron chi connectivity index (χ4n) is 3.72. The molecule has 1 heterocycles. The maximum absolute atomic E-state index is 12.7. The zero-order chi connectivity index (χ0) is 22.3. The van der Waals surface area contributed by atoms with E-state index >= 15 is 0 Å². The summed E-state index contributed by atoms with van der Waals surface area (Å²) in [5.41, 5.74) is 2.54. The molecule has 0 aromatic heterocycles. The van der Waals surface area contributed by atoms with Crippen LogP contribution in [0.15, 0.2) is 53.5 Å². The van der Waals surface area contributed by atoms with Gasteiger partial charge in [0.05, 0.1) is 12.2 Å². The number of halogens is 3. The third-order valence-corrected chi connectivity index (χ3v) is 5.29. The molecular weight excluding hydrogens is 405 g/mol. The second-order valence-corrected chi connectivity index (χ2v) is 7.74. The molecule has 2 aromatic rings. The molecule has 0 aliphatic carbocycles. The molecule has 2 N–H and O–H groups in total. The number of alkyl halides is 3. The fraction of sp³-hybridized carbons (Fsp3) is 0.435. The molecule has 5 nitrogen and oxygen atoms in total. The molecule has 2 aromatic carbocycles. The van der Waals surface area contributed by atoms with Crippen molar-refractivity contribution < 1.29 is 17.9 Å². The molecule has 1 saturated heterocycles. The maximum Gasteiger partial charge on any atom is 0.416 e. The van der Waals surface area contributed by atoms with E-state index in [2.05, 4.69) is 32.7 Å². The monoisotopic (exact) mass is 434 g/mol. The van der Waals surface area contributed by atoms with E-state index in [0.29, 0.717) is 19.7 Å². The number of benzene rings is 2. The Morgan fingerprint density at radius 2 is 1.87 bits per heavy atom. The lowest BCUT2D eigenvalue weighted by Crippen LogP contribution is -2.44. The van der Waals surface area contributed by atoms with Crippen molar-refractivity contribution in [2.24, 2.45) is 4.99 Å². The first-order chi connectivity index (χ1) is 14.9. The second-order valence-electron chi connectivity index (χ2n) is 7.74. The van der Waals surface area contributed by atoms with Crippen LogP contribution in [0.5, 0.6) is 0 Å². The SMILES string of the molecule is CN=C(NCc1cccc(COC)c1)NC1CCN(Cc2ccc(C(F)(F)F)cc2)C1. The zero-order valence-corrected chi connectivity index (χ0v) is 17.9. The van der Waals surface area contributed by atoms with E-state index in [1.807, 2.05) is 12.1 Å². The average Bonchev–Trinajstić information content (AvgIpc) is 3.18. The first-order valence-electron chi connectivity index (χ1n) is 10.3. The van der Waals surface area contributed by atoms with Crippen LogP contribution in [-0.4, -0.2) is 44.1 Å². The molecule has 168 valence electrons. The summed E-state index contributed by atoms with van der Waals surface area (Å²) < 4.78 is 43.3. The van der Waals surface area contributed by atoms with Crippen LogP contribution >= 0.6 is 0 Å². The van der Waals surface area contributed by atoms with E-state index < -0.39 is 11.7 Å². The molecule has 1 unspecified atom stereocenters. The Labute approximate surface area is 181 Å². The Bertz CT molecular complexity index is 868. The first kappa shape index (κ1) is 23.1. The Kier molecular flexibility index (Phi) is 7.92.